The minimum Gasteiger partial charge on any atom is -0.462 e. The van der Waals surface area contributed by atoms with Gasteiger partial charge >= 0.3 is 5.97 Å². The van der Waals surface area contributed by atoms with Crippen LogP contribution in [-0.4, -0.2) is 29.1 Å². The summed E-state index contributed by atoms with van der Waals surface area (Å²) < 4.78 is 5.68. The molecule has 0 amide bonds. The summed E-state index contributed by atoms with van der Waals surface area (Å²) in [6.07, 6.45) is 7.69. The van der Waals surface area contributed by atoms with Crippen LogP contribution >= 0.6 is 0 Å². The minimum absolute atomic E-state index is 0.0192. The topological polar surface area (TPSA) is 63.6 Å². The molecule has 0 saturated heterocycles. The Morgan fingerprint density at radius 1 is 1.20 bits per heavy atom. The number of ether oxygens (including phenoxy) is 1. The molecule has 25 heavy (non-hydrogen) atoms. The van der Waals surface area contributed by atoms with E-state index in [9.17, 15) is 14.7 Å². The predicted octanol–water partition coefficient (Wildman–Crippen LogP) is 3.42. The van der Waals surface area contributed by atoms with Gasteiger partial charge in [-0.2, -0.15) is 0 Å². The average Bonchev–Trinajstić information content (AvgIpc) is 2.86. The van der Waals surface area contributed by atoms with Crippen LogP contribution < -0.4 is 0 Å². The van der Waals surface area contributed by atoms with Gasteiger partial charge in [0.15, 0.2) is 5.78 Å². The molecule has 4 aliphatic rings. The van der Waals surface area contributed by atoms with E-state index in [0.717, 1.165) is 44.1 Å². The van der Waals surface area contributed by atoms with Crippen molar-refractivity contribution >= 4 is 11.8 Å². The number of hydrogen-bond acceptors (Lipinski definition) is 4. The van der Waals surface area contributed by atoms with E-state index >= 15 is 0 Å². The Hall–Kier alpha value is -1.16. The second kappa shape index (κ2) is 5.67. The summed E-state index contributed by atoms with van der Waals surface area (Å²) in [5.74, 6) is 1.48. The van der Waals surface area contributed by atoms with Gasteiger partial charge in [0.2, 0.25) is 0 Å². The summed E-state index contributed by atoms with van der Waals surface area (Å²) in [6, 6.07) is 0. The summed E-state index contributed by atoms with van der Waals surface area (Å²) >= 11 is 0. The fourth-order valence-electron chi connectivity index (χ4n) is 6.95. The van der Waals surface area contributed by atoms with Gasteiger partial charge in [-0.25, -0.2) is 0 Å². The number of hydrogen-bond donors (Lipinski definition) is 1. The van der Waals surface area contributed by atoms with Gasteiger partial charge < -0.3 is 9.84 Å². The Bertz CT molecular complexity index is 638. The summed E-state index contributed by atoms with van der Waals surface area (Å²) in [7, 11) is 0. The van der Waals surface area contributed by atoms with Crippen molar-refractivity contribution in [1.29, 1.82) is 0 Å². The monoisotopic (exact) mass is 346 g/mol. The van der Waals surface area contributed by atoms with Crippen molar-refractivity contribution in [2.45, 2.75) is 77.9 Å². The maximum absolute atomic E-state index is 11.9. The molecule has 4 aliphatic carbocycles. The molecule has 0 aromatic carbocycles. The van der Waals surface area contributed by atoms with Crippen LogP contribution in [0.1, 0.15) is 65.7 Å². The second-order valence-corrected chi connectivity index (χ2v) is 9.33. The third-order valence-electron chi connectivity index (χ3n) is 8.20. The van der Waals surface area contributed by atoms with E-state index in [0.29, 0.717) is 24.2 Å². The van der Waals surface area contributed by atoms with Crippen LogP contribution in [0.4, 0.5) is 0 Å². The van der Waals surface area contributed by atoms with E-state index in [1.165, 1.54) is 6.92 Å². The maximum Gasteiger partial charge on any atom is 0.302 e. The molecule has 0 heterocycles. The molecule has 138 valence electrons. The standard InChI is InChI=1S/C21H30O4/c1-12(22)25-19-5-4-15-14-11-18(24)17-10-13(23)6-8-20(17,2)16(14)7-9-21(15,19)3/h10,14-16,18-19,24H,4-9,11H2,1-3H3/t14-,15-,16-,18+,19-,20+,21-/m0/s1. The molecular weight excluding hydrogens is 316 g/mol. The highest BCUT2D eigenvalue weighted by Gasteiger charge is 2.61. The molecule has 7 atom stereocenters. The normalized spacial score (nSPS) is 48.9. The highest BCUT2D eigenvalue weighted by molar-refractivity contribution is 5.91. The largest absolute Gasteiger partial charge is 0.462 e. The first-order valence-corrected chi connectivity index (χ1v) is 9.86. The number of aliphatic hydroxyl groups is 1. The number of ketones is 1. The van der Waals surface area contributed by atoms with Gasteiger partial charge in [-0.1, -0.05) is 13.8 Å². The number of aliphatic hydroxyl groups excluding tert-OH is 1. The number of carbonyl (C=O) groups is 2. The summed E-state index contributed by atoms with van der Waals surface area (Å²) in [4.78, 5) is 23.4. The fraction of sp³-hybridized carbons (Fsp3) is 0.810. The van der Waals surface area contributed by atoms with Gasteiger partial charge in [0.1, 0.15) is 6.10 Å². The van der Waals surface area contributed by atoms with Crippen molar-refractivity contribution in [2.24, 2.45) is 28.6 Å². The molecule has 0 aromatic rings. The van der Waals surface area contributed by atoms with E-state index in [1.54, 1.807) is 6.08 Å². The minimum atomic E-state index is -0.495. The van der Waals surface area contributed by atoms with Crippen LogP contribution in [0, 0.1) is 28.6 Å². The van der Waals surface area contributed by atoms with E-state index in [-0.39, 0.29) is 28.7 Å². The van der Waals surface area contributed by atoms with Gasteiger partial charge in [0, 0.05) is 18.8 Å². The molecule has 0 aliphatic heterocycles. The molecule has 0 aromatic heterocycles. The third-order valence-corrected chi connectivity index (χ3v) is 8.20. The lowest BCUT2D eigenvalue weighted by Crippen LogP contribution is -2.54. The highest BCUT2D eigenvalue weighted by Crippen LogP contribution is 2.65. The zero-order valence-corrected chi connectivity index (χ0v) is 15.6. The number of fused-ring (bicyclic) bond motifs is 5. The first-order chi connectivity index (χ1) is 11.8. The summed E-state index contributed by atoms with van der Waals surface area (Å²) in [5, 5.41) is 10.8. The number of rotatable bonds is 1. The molecule has 4 heteroatoms. The Kier molecular flexibility index (Phi) is 3.91. The molecule has 0 bridgehead atoms. The molecule has 0 spiro atoms. The van der Waals surface area contributed by atoms with Gasteiger partial charge in [-0.05, 0) is 73.3 Å². The van der Waals surface area contributed by atoms with Crippen molar-refractivity contribution in [2.75, 3.05) is 0 Å². The Morgan fingerprint density at radius 3 is 2.68 bits per heavy atom. The van der Waals surface area contributed by atoms with Crippen molar-refractivity contribution < 1.29 is 19.4 Å². The third kappa shape index (κ3) is 2.43. The molecular formula is C21H30O4. The highest BCUT2D eigenvalue weighted by atomic mass is 16.5. The van der Waals surface area contributed by atoms with Crippen LogP contribution in [0.25, 0.3) is 0 Å². The van der Waals surface area contributed by atoms with Gasteiger partial charge in [0.05, 0.1) is 6.10 Å². The first-order valence-electron chi connectivity index (χ1n) is 9.86. The van der Waals surface area contributed by atoms with Crippen molar-refractivity contribution in [3.05, 3.63) is 11.6 Å². The lowest BCUT2D eigenvalue weighted by molar-refractivity contribution is -0.158. The molecule has 0 radical (unpaired) electrons. The molecule has 3 fully saturated rings. The molecule has 1 N–H and O–H groups in total. The number of esters is 1. The van der Waals surface area contributed by atoms with Crippen LogP contribution in [0.5, 0.6) is 0 Å². The van der Waals surface area contributed by atoms with Crippen molar-refractivity contribution in [1.82, 2.24) is 0 Å². The first kappa shape index (κ1) is 17.3. The Labute approximate surface area is 150 Å². The van der Waals surface area contributed by atoms with E-state index in [2.05, 4.69) is 13.8 Å². The van der Waals surface area contributed by atoms with E-state index < -0.39 is 6.10 Å². The molecule has 4 rings (SSSR count). The molecule has 0 unspecified atom stereocenters. The van der Waals surface area contributed by atoms with Crippen molar-refractivity contribution in [3.63, 3.8) is 0 Å². The Balaban J connectivity index is 1.66. The Morgan fingerprint density at radius 2 is 1.96 bits per heavy atom. The lowest BCUT2D eigenvalue weighted by atomic mass is 9.47. The van der Waals surface area contributed by atoms with Crippen molar-refractivity contribution in [3.8, 4) is 0 Å². The quantitative estimate of drug-likeness (QED) is 0.739. The summed E-state index contributed by atoms with van der Waals surface area (Å²) in [6.45, 7) is 6.06. The molecule has 3 saturated carbocycles. The SMILES string of the molecule is CC(=O)O[C@H]1CC[C@H]2[C@@H]3C[C@@H](O)C4=CC(=O)CC[C@]4(C)[C@H]3CC[C@]12C. The van der Waals surface area contributed by atoms with Crippen LogP contribution in [0.15, 0.2) is 11.6 Å². The van der Waals surface area contributed by atoms with Crippen LogP contribution in [0.3, 0.4) is 0 Å². The molecule has 4 nitrogen and oxygen atoms in total. The van der Waals surface area contributed by atoms with Crippen LogP contribution in [0.2, 0.25) is 0 Å². The number of carbonyl (C=O) groups excluding carboxylic acids is 2. The van der Waals surface area contributed by atoms with Gasteiger partial charge in [-0.15, -0.1) is 0 Å². The smallest absolute Gasteiger partial charge is 0.302 e. The van der Waals surface area contributed by atoms with Gasteiger partial charge in [0.25, 0.3) is 0 Å². The fourth-order valence-corrected chi connectivity index (χ4v) is 6.95. The van der Waals surface area contributed by atoms with E-state index in [4.69, 9.17) is 4.74 Å². The van der Waals surface area contributed by atoms with Crippen LogP contribution in [-0.2, 0) is 14.3 Å². The lowest BCUT2D eigenvalue weighted by Gasteiger charge is -2.58. The predicted molar refractivity (Wildman–Crippen MR) is 93.7 cm³/mol. The summed E-state index contributed by atoms with van der Waals surface area (Å²) in [5.41, 5.74) is 0.981. The second-order valence-electron chi connectivity index (χ2n) is 9.33. The maximum atomic E-state index is 11.9. The van der Waals surface area contributed by atoms with E-state index in [1.807, 2.05) is 0 Å². The zero-order valence-electron chi connectivity index (χ0n) is 15.6. The zero-order chi connectivity index (χ0) is 18.0. The van der Waals surface area contributed by atoms with Gasteiger partial charge in [-0.3, -0.25) is 9.59 Å². The average molecular weight is 346 g/mol.